The summed E-state index contributed by atoms with van der Waals surface area (Å²) in [6.45, 7) is 6.47. The van der Waals surface area contributed by atoms with Crippen molar-refractivity contribution in [3.8, 4) is 5.75 Å². The number of methoxy groups -OCH3 is 1. The molecule has 1 amide bonds. The van der Waals surface area contributed by atoms with E-state index in [0.29, 0.717) is 22.8 Å². The summed E-state index contributed by atoms with van der Waals surface area (Å²) < 4.78 is 19.7. The van der Waals surface area contributed by atoms with Crippen molar-refractivity contribution in [3.05, 3.63) is 58.9 Å². The van der Waals surface area contributed by atoms with Crippen LogP contribution in [0.5, 0.6) is 5.75 Å². The summed E-state index contributed by atoms with van der Waals surface area (Å²) in [4.78, 5) is 14.3. The Morgan fingerprint density at radius 3 is 2.64 bits per heavy atom. The van der Waals surface area contributed by atoms with Gasteiger partial charge in [-0.3, -0.25) is 4.79 Å². The predicted molar refractivity (Wildman–Crippen MR) is 110 cm³/mol. The zero-order valence-electron chi connectivity index (χ0n) is 16.9. The van der Waals surface area contributed by atoms with Gasteiger partial charge in [0.25, 0.3) is 5.91 Å². The highest BCUT2D eigenvalue weighted by atomic mass is 19.1. The van der Waals surface area contributed by atoms with E-state index in [-0.39, 0.29) is 17.3 Å². The molecule has 1 N–H and O–H groups in total. The Hall–Kier alpha value is -2.89. The molecule has 0 aliphatic carbocycles. The van der Waals surface area contributed by atoms with Crippen LogP contribution in [0, 0.1) is 5.82 Å². The maximum atomic E-state index is 14.6. The second-order valence-corrected chi connectivity index (χ2v) is 7.84. The Morgan fingerprint density at radius 1 is 1.32 bits per heavy atom. The van der Waals surface area contributed by atoms with Gasteiger partial charge >= 0.3 is 0 Å². The number of nitrogens with one attached hydrogen (secondary N) is 1. The van der Waals surface area contributed by atoms with Gasteiger partial charge in [-0.2, -0.15) is 5.10 Å². The monoisotopic (exact) mass is 383 g/mol. The van der Waals surface area contributed by atoms with E-state index in [0.717, 1.165) is 17.7 Å². The average molecular weight is 383 g/mol. The van der Waals surface area contributed by atoms with Crippen LogP contribution in [0.15, 0.2) is 41.5 Å². The Labute approximate surface area is 165 Å². The number of nitrogens with zero attached hydrogens (tertiary/aromatic N) is 2. The van der Waals surface area contributed by atoms with Crippen molar-refractivity contribution in [3.63, 3.8) is 0 Å². The molecule has 2 aromatic rings. The molecule has 2 aromatic carbocycles. The number of fused-ring (bicyclic) bond motifs is 1. The van der Waals surface area contributed by atoms with Gasteiger partial charge in [-0.1, -0.05) is 6.92 Å². The van der Waals surface area contributed by atoms with Crippen molar-refractivity contribution in [2.24, 2.45) is 5.10 Å². The lowest BCUT2D eigenvalue weighted by Gasteiger charge is -2.45. The number of hydrogen-bond donors (Lipinski definition) is 1. The minimum atomic E-state index is -0.368. The summed E-state index contributed by atoms with van der Waals surface area (Å²) in [5.74, 6) is 0.242. The first-order chi connectivity index (χ1) is 13.2. The van der Waals surface area contributed by atoms with E-state index in [1.54, 1.807) is 37.4 Å². The molecule has 0 radical (unpaired) electrons. The normalized spacial score (nSPS) is 18.1. The number of hydrazone groups is 1. The van der Waals surface area contributed by atoms with Crippen molar-refractivity contribution >= 4 is 17.8 Å². The molecule has 0 spiro atoms. The number of anilines is 1. The maximum Gasteiger partial charge on any atom is 0.271 e. The molecule has 0 saturated heterocycles. The topological polar surface area (TPSA) is 53.9 Å². The summed E-state index contributed by atoms with van der Waals surface area (Å²) in [7, 11) is 3.55. The van der Waals surface area contributed by atoms with Crippen molar-refractivity contribution in [2.75, 3.05) is 19.1 Å². The summed E-state index contributed by atoms with van der Waals surface area (Å²) in [5.41, 5.74) is 5.20. The molecular formula is C22H26FN3O2. The molecule has 0 aromatic heterocycles. The quantitative estimate of drug-likeness (QED) is 0.632. The highest BCUT2D eigenvalue weighted by Gasteiger charge is 2.34. The number of halogens is 1. The van der Waals surface area contributed by atoms with E-state index in [4.69, 9.17) is 4.74 Å². The number of rotatable bonds is 4. The number of carbonyl (C=O) groups is 1. The molecule has 1 heterocycles. The maximum absolute atomic E-state index is 14.6. The third kappa shape index (κ3) is 3.86. The Kier molecular flexibility index (Phi) is 5.40. The highest BCUT2D eigenvalue weighted by molar-refractivity contribution is 5.95. The molecule has 0 saturated carbocycles. The lowest BCUT2D eigenvalue weighted by atomic mass is 9.80. The predicted octanol–water partition coefficient (Wildman–Crippen LogP) is 4.32. The molecule has 1 atom stereocenters. The molecule has 1 aliphatic rings. The standard InChI is InChI=1S/C22H26FN3O2/c1-14-12-22(2,3)26(4)20-11-19(23)16(10-18(14)20)13-24-25-21(27)15-6-8-17(28-5)9-7-15/h6-11,13-14H,12H2,1-5H3,(H,25,27)/b24-13-. The van der Waals surface area contributed by atoms with Crippen LogP contribution < -0.4 is 15.1 Å². The fraction of sp³-hybridized carbons (Fsp3) is 0.364. The second-order valence-electron chi connectivity index (χ2n) is 7.84. The van der Waals surface area contributed by atoms with Gasteiger partial charge in [0.1, 0.15) is 11.6 Å². The molecule has 1 unspecified atom stereocenters. The Bertz CT molecular complexity index is 907. The molecule has 5 nitrogen and oxygen atoms in total. The molecule has 0 bridgehead atoms. The van der Waals surface area contributed by atoms with Crippen LogP contribution in [-0.2, 0) is 0 Å². The average Bonchev–Trinajstić information content (AvgIpc) is 2.66. The lowest BCUT2D eigenvalue weighted by Crippen LogP contribution is -2.45. The van der Waals surface area contributed by atoms with E-state index in [1.165, 1.54) is 6.21 Å². The van der Waals surface area contributed by atoms with E-state index in [9.17, 15) is 9.18 Å². The van der Waals surface area contributed by atoms with E-state index in [1.807, 2.05) is 13.1 Å². The molecule has 6 heteroatoms. The highest BCUT2D eigenvalue weighted by Crippen LogP contribution is 2.43. The summed E-state index contributed by atoms with van der Waals surface area (Å²) >= 11 is 0. The minimum Gasteiger partial charge on any atom is -0.497 e. The number of hydrogen-bond acceptors (Lipinski definition) is 4. The van der Waals surface area contributed by atoms with Gasteiger partial charge in [-0.25, -0.2) is 9.82 Å². The van der Waals surface area contributed by atoms with Crippen LogP contribution >= 0.6 is 0 Å². The van der Waals surface area contributed by atoms with Crippen molar-refractivity contribution in [1.29, 1.82) is 0 Å². The minimum absolute atomic E-state index is 0.0270. The van der Waals surface area contributed by atoms with Crippen LogP contribution in [-0.4, -0.2) is 31.8 Å². The SMILES string of the molecule is COc1ccc(C(=O)N/N=C\c2cc3c(cc2F)N(C)C(C)(C)CC3C)cc1. The lowest BCUT2D eigenvalue weighted by molar-refractivity contribution is 0.0955. The first kappa shape index (κ1) is 19.9. The van der Waals surface area contributed by atoms with Gasteiger partial charge in [0, 0.05) is 29.4 Å². The van der Waals surface area contributed by atoms with Crippen molar-refractivity contribution in [1.82, 2.24) is 5.43 Å². The third-order valence-electron chi connectivity index (χ3n) is 5.47. The zero-order valence-corrected chi connectivity index (χ0v) is 16.9. The first-order valence-electron chi connectivity index (χ1n) is 9.27. The number of amides is 1. The van der Waals surface area contributed by atoms with Crippen molar-refractivity contribution in [2.45, 2.75) is 38.6 Å². The number of carbonyl (C=O) groups excluding carboxylic acids is 1. The largest absolute Gasteiger partial charge is 0.497 e. The van der Waals surface area contributed by atoms with Crippen LogP contribution in [0.2, 0.25) is 0 Å². The van der Waals surface area contributed by atoms with Gasteiger partial charge in [0.2, 0.25) is 0 Å². The van der Waals surface area contributed by atoms with Gasteiger partial charge in [0.15, 0.2) is 0 Å². The van der Waals surface area contributed by atoms with Gasteiger partial charge in [-0.15, -0.1) is 0 Å². The van der Waals surface area contributed by atoms with Crippen molar-refractivity contribution < 1.29 is 13.9 Å². The number of ether oxygens (including phenoxy) is 1. The summed E-state index contributed by atoms with van der Waals surface area (Å²) in [6.07, 6.45) is 2.33. The molecule has 3 rings (SSSR count). The van der Waals surface area contributed by atoms with E-state index < -0.39 is 0 Å². The summed E-state index contributed by atoms with van der Waals surface area (Å²) in [5, 5.41) is 3.93. The van der Waals surface area contributed by atoms with Gasteiger partial charge < -0.3 is 9.64 Å². The fourth-order valence-electron chi connectivity index (χ4n) is 3.67. The number of benzene rings is 2. The smallest absolute Gasteiger partial charge is 0.271 e. The van der Waals surface area contributed by atoms with Crippen LogP contribution in [0.3, 0.4) is 0 Å². The fourth-order valence-corrected chi connectivity index (χ4v) is 3.67. The summed E-state index contributed by atoms with van der Waals surface area (Å²) in [6, 6.07) is 10.1. The molecule has 28 heavy (non-hydrogen) atoms. The molecule has 0 fully saturated rings. The van der Waals surface area contributed by atoms with E-state index in [2.05, 4.69) is 36.2 Å². The molecule has 1 aliphatic heterocycles. The van der Waals surface area contributed by atoms with Crippen LogP contribution in [0.1, 0.15) is 54.6 Å². The Morgan fingerprint density at radius 2 is 2.00 bits per heavy atom. The van der Waals surface area contributed by atoms with E-state index >= 15 is 0 Å². The van der Waals surface area contributed by atoms with Gasteiger partial charge in [-0.05, 0) is 68.1 Å². The third-order valence-corrected chi connectivity index (χ3v) is 5.47. The first-order valence-corrected chi connectivity index (χ1v) is 9.27. The molecular weight excluding hydrogens is 357 g/mol. The van der Waals surface area contributed by atoms with Gasteiger partial charge in [0.05, 0.1) is 13.3 Å². The zero-order chi connectivity index (χ0) is 20.5. The second kappa shape index (κ2) is 7.62. The Balaban J connectivity index is 1.77. The van der Waals surface area contributed by atoms with Crippen LogP contribution in [0.25, 0.3) is 0 Å². The molecule has 148 valence electrons. The van der Waals surface area contributed by atoms with Crippen LogP contribution in [0.4, 0.5) is 10.1 Å².